The van der Waals surface area contributed by atoms with Crippen molar-refractivity contribution >= 4 is 16.8 Å². The van der Waals surface area contributed by atoms with Gasteiger partial charge in [-0.3, -0.25) is 9.69 Å². The van der Waals surface area contributed by atoms with Crippen molar-refractivity contribution in [2.45, 2.75) is 19.1 Å². The van der Waals surface area contributed by atoms with E-state index in [9.17, 15) is 9.90 Å². The highest BCUT2D eigenvalue weighted by atomic mass is 16.5. The first-order valence-electron chi connectivity index (χ1n) is 7.15. The van der Waals surface area contributed by atoms with E-state index in [2.05, 4.69) is 0 Å². The lowest BCUT2D eigenvalue weighted by atomic mass is 10.1. The van der Waals surface area contributed by atoms with E-state index in [1.807, 2.05) is 36.1 Å². The molecule has 1 saturated heterocycles. The summed E-state index contributed by atoms with van der Waals surface area (Å²) in [5, 5.41) is 10.1. The molecule has 1 fully saturated rings. The largest absolute Gasteiger partial charge is 0.464 e. The Hall–Kier alpha value is -1.69. The maximum atomic E-state index is 12.5. The summed E-state index contributed by atoms with van der Waals surface area (Å²) in [6.07, 6.45) is 1.33. The molecule has 3 rings (SSSR count). The highest BCUT2D eigenvalue weighted by Crippen LogP contribution is 2.22. The molecule has 0 amide bonds. The molecule has 1 aromatic heterocycles. The molecule has 5 nitrogen and oxygen atoms in total. The predicted molar refractivity (Wildman–Crippen MR) is 78.4 cm³/mol. The number of nitrogens with zero attached hydrogens (tertiary/aromatic N) is 1. The van der Waals surface area contributed by atoms with Gasteiger partial charge in [0.2, 0.25) is 0 Å². The molecule has 0 bridgehead atoms. The van der Waals surface area contributed by atoms with Crippen LogP contribution in [0.4, 0.5) is 0 Å². The number of fused-ring (bicyclic) bond motifs is 1. The van der Waals surface area contributed by atoms with Gasteiger partial charge in [-0.15, -0.1) is 0 Å². The second-order valence-corrected chi connectivity index (χ2v) is 5.51. The number of Topliss-reactive ketones (excluding diaryl/α,β-unsaturated/α-hetero) is 1. The van der Waals surface area contributed by atoms with Crippen molar-refractivity contribution in [1.29, 1.82) is 0 Å². The second kappa shape index (κ2) is 5.97. The van der Waals surface area contributed by atoms with Gasteiger partial charge in [0.25, 0.3) is 0 Å². The van der Waals surface area contributed by atoms with Gasteiger partial charge in [-0.05, 0) is 13.0 Å². The predicted octanol–water partition coefficient (Wildman–Crippen LogP) is 1.70. The highest BCUT2D eigenvalue weighted by molar-refractivity contribution is 6.08. The van der Waals surface area contributed by atoms with Crippen molar-refractivity contribution in [1.82, 2.24) is 4.90 Å². The zero-order valence-corrected chi connectivity index (χ0v) is 12.0. The van der Waals surface area contributed by atoms with Crippen LogP contribution < -0.4 is 0 Å². The minimum absolute atomic E-state index is 0.0183. The molecule has 0 saturated carbocycles. The number of benzene rings is 1. The number of ether oxygens (including phenoxy) is 1. The average molecular weight is 289 g/mol. The fourth-order valence-corrected chi connectivity index (χ4v) is 2.85. The zero-order chi connectivity index (χ0) is 14.8. The molecule has 21 heavy (non-hydrogen) atoms. The Balaban J connectivity index is 1.74. The SMILES string of the molecule is CC1CN(CC(=O)c2coc3ccccc23)CC(CO)O1. The monoisotopic (exact) mass is 289 g/mol. The smallest absolute Gasteiger partial charge is 0.180 e. The van der Waals surface area contributed by atoms with Gasteiger partial charge in [-0.1, -0.05) is 18.2 Å². The minimum atomic E-state index is -0.220. The lowest BCUT2D eigenvalue weighted by molar-refractivity contribution is -0.0926. The highest BCUT2D eigenvalue weighted by Gasteiger charge is 2.27. The van der Waals surface area contributed by atoms with E-state index in [-0.39, 0.29) is 24.6 Å². The Morgan fingerprint density at radius 3 is 3.00 bits per heavy atom. The maximum absolute atomic E-state index is 12.5. The molecular formula is C16H19NO4. The molecule has 0 radical (unpaired) electrons. The fraction of sp³-hybridized carbons (Fsp3) is 0.438. The van der Waals surface area contributed by atoms with E-state index in [1.165, 1.54) is 6.26 Å². The van der Waals surface area contributed by atoms with Gasteiger partial charge in [-0.25, -0.2) is 0 Å². The normalized spacial score (nSPS) is 23.5. The van der Waals surface area contributed by atoms with Crippen LogP contribution in [0.1, 0.15) is 17.3 Å². The molecule has 2 aromatic rings. The molecule has 2 heterocycles. The van der Waals surface area contributed by atoms with E-state index in [0.717, 1.165) is 11.0 Å². The fourth-order valence-electron chi connectivity index (χ4n) is 2.85. The first-order chi connectivity index (χ1) is 10.2. The van der Waals surface area contributed by atoms with Crippen LogP contribution in [-0.2, 0) is 4.74 Å². The van der Waals surface area contributed by atoms with Crippen LogP contribution in [0, 0.1) is 0 Å². The van der Waals surface area contributed by atoms with Gasteiger partial charge < -0.3 is 14.3 Å². The third-order valence-corrected chi connectivity index (χ3v) is 3.75. The van der Waals surface area contributed by atoms with Crippen molar-refractivity contribution in [2.24, 2.45) is 0 Å². The van der Waals surface area contributed by atoms with Crippen LogP contribution in [0.25, 0.3) is 11.0 Å². The van der Waals surface area contributed by atoms with Crippen LogP contribution in [0.5, 0.6) is 0 Å². The van der Waals surface area contributed by atoms with Crippen molar-refractivity contribution in [3.8, 4) is 0 Å². The third kappa shape index (κ3) is 3.00. The molecule has 5 heteroatoms. The van der Waals surface area contributed by atoms with Gasteiger partial charge >= 0.3 is 0 Å². The summed E-state index contributed by atoms with van der Waals surface area (Å²) in [6.45, 7) is 3.50. The number of ketones is 1. The van der Waals surface area contributed by atoms with Crippen LogP contribution in [0.3, 0.4) is 0 Å². The Bertz CT molecular complexity index is 636. The van der Waals surface area contributed by atoms with Crippen LogP contribution in [-0.4, -0.2) is 54.2 Å². The first-order valence-corrected chi connectivity index (χ1v) is 7.15. The number of carbonyl (C=O) groups excluding carboxylic acids is 1. The number of para-hydroxylation sites is 1. The lowest BCUT2D eigenvalue weighted by Crippen LogP contribution is -2.49. The van der Waals surface area contributed by atoms with Gasteiger partial charge in [-0.2, -0.15) is 0 Å². The zero-order valence-electron chi connectivity index (χ0n) is 12.0. The summed E-state index contributed by atoms with van der Waals surface area (Å²) in [7, 11) is 0. The van der Waals surface area contributed by atoms with Gasteiger partial charge in [0.1, 0.15) is 11.8 Å². The molecule has 2 atom stereocenters. The number of rotatable bonds is 4. The summed E-state index contributed by atoms with van der Waals surface area (Å²) >= 11 is 0. The summed E-state index contributed by atoms with van der Waals surface area (Å²) in [4.78, 5) is 14.5. The summed E-state index contributed by atoms with van der Waals surface area (Å²) in [5.41, 5.74) is 1.34. The van der Waals surface area contributed by atoms with Crippen molar-refractivity contribution in [3.05, 3.63) is 36.1 Å². The number of aliphatic hydroxyl groups excluding tert-OH is 1. The molecule has 1 aliphatic rings. The summed E-state index contributed by atoms with van der Waals surface area (Å²) in [5.74, 6) is 0.0331. The number of carbonyl (C=O) groups is 1. The standard InChI is InChI=1S/C16H19NO4/c1-11-6-17(7-12(9-18)21-11)8-15(19)14-10-20-16-5-3-2-4-13(14)16/h2-5,10-12,18H,6-9H2,1H3. The molecule has 2 unspecified atom stereocenters. The molecular weight excluding hydrogens is 270 g/mol. The minimum Gasteiger partial charge on any atom is -0.464 e. The lowest BCUT2D eigenvalue weighted by Gasteiger charge is -2.35. The van der Waals surface area contributed by atoms with Gasteiger partial charge in [0, 0.05) is 18.5 Å². The second-order valence-electron chi connectivity index (χ2n) is 5.51. The molecule has 1 aliphatic heterocycles. The molecule has 0 spiro atoms. The van der Waals surface area contributed by atoms with E-state index in [0.29, 0.717) is 25.2 Å². The Kier molecular flexibility index (Phi) is 4.05. The van der Waals surface area contributed by atoms with E-state index in [1.54, 1.807) is 0 Å². The third-order valence-electron chi connectivity index (χ3n) is 3.75. The van der Waals surface area contributed by atoms with Crippen molar-refractivity contribution in [3.63, 3.8) is 0 Å². The topological polar surface area (TPSA) is 62.9 Å². The molecule has 0 aliphatic carbocycles. The Morgan fingerprint density at radius 2 is 2.19 bits per heavy atom. The van der Waals surface area contributed by atoms with Crippen molar-refractivity contribution in [2.75, 3.05) is 26.2 Å². The summed E-state index contributed by atoms with van der Waals surface area (Å²) < 4.78 is 11.0. The number of aliphatic hydroxyl groups is 1. The van der Waals surface area contributed by atoms with Crippen molar-refractivity contribution < 1.29 is 19.1 Å². The van der Waals surface area contributed by atoms with Crippen LogP contribution in [0.15, 0.2) is 34.9 Å². The average Bonchev–Trinajstić information content (AvgIpc) is 2.90. The molecule has 1 N–H and O–H groups in total. The molecule has 112 valence electrons. The molecule has 1 aromatic carbocycles. The quantitative estimate of drug-likeness (QED) is 0.868. The van der Waals surface area contributed by atoms with E-state index in [4.69, 9.17) is 9.15 Å². The Morgan fingerprint density at radius 1 is 1.38 bits per heavy atom. The van der Waals surface area contributed by atoms with Gasteiger partial charge in [0.05, 0.1) is 30.9 Å². The van der Waals surface area contributed by atoms with E-state index >= 15 is 0 Å². The Labute approximate surface area is 123 Å². The van der Waals surface area contributed by atoms with E-state index < -0.39 is 0 Å². The maximum Gasteiger partial charge on any atom is 0.180 e. The summed E-state index contributed by atoms with van der Waals surface area (Å²) in [6, 6.07) is 7.53. The number of hydrogen-bond donors (Lipinski definition) is 1. The first kappa shape index (κ1) is 14.3. The van der Waals surface area contributed by atoms with Gasteiger partial charge in [0.15, 0.2) is 5.78 Å². The van der Waals surface area contributed by atoms with Crippen LogP contribution in [0.2, 0.25) is 0 Å². The number of morpholine rings is 1. The number of hydrogen-bond acceptors (Lipinski definition) is 5. The van der Waals surface area contributed by atoms with Crippen LogP contribution >= 0.6 is 0 Å². The number of furan rings is 1.